The van der Waals surface area contributed by atoms with Crippen LogP contribution in [-0.2, 0) is 4.74 Å². The Kier molecular flexibility index (Phi) is 7.51. The molecule has 122 valence electrons. The monoisotopic (exact) mass is 302 g/mol. The first-order valence-corrected chi connectivity index (χ1v) is 8.71. The molecule has 0 bridgehead atoms. The molecular formula is C20H30O2. The van der Waals surface area contributed by atoms with Gasteiger partial charge in [0.15, 0.2) is 0 Å². The predicted molar refractivity (Wildman–Crippen MR) is 92.6 cm³/mol. The van der Waals surface area contributed by atoms with Crippen LogP contribution in [0.1, 0.15) is 56.9 Å². The van der Waals surface area contributed by atoms with Crippen LogP contribution in [0.5, 0.6) is 5.75 Å². The summed E-state index contributed by atoms with van der Waals surface area (Å²) in [7, 11) is 1.75. The Balaban J connectivity index is 1.78. The van der Waals surface area contributed by atoms with Crippen LogP contribution >= 0.6 is 0 Å². The minimum Gasteiger partial charge on any atom is -0.494 e. The van der Waals surface area contributed by atoms with Crippen LogP contribution in [0.2, 0.25) is 0 Å². The molecule has 1 aliphatic carbocycles. The molecule has 1 aliphatic rings. The Hall–Kier alpha value is -1.28. The van der Waals surface area contributed by atoms with E-state index in [9.17, 15) is 0 Å². The van der Waals surface area contributed by atoms with Crippen molar-refractivity contribution in [2.24, 2.45) is 5.92 Å². The van der Waals surface area contributed by atoms with E-state index in [4.69, 9.17) is 9.47 Å². The number of ether oxygens (including phenoxy) is 2. The van der Waals surface area contributed by atoms with Gasteiger partial charge >= 0.3 is 0 Å². The smallest absolute Gasteiger partial charge is 0.119 e. The number of hydrogen-bond acceptors (Lipinski definition) is 2. The lowest BCUT2D eigenvalue weighted by molar-refractivity contribution is 0.233. The fraction of sp³-hybridized carbons (Fsp3) is 0.600. The molecule has 0 amide bonds. The van der Waals surface area contributed by atoms with E-state index in [0.29, 0.717) is 0 Å². The molecule has 1 saturated carbocycles. The van der Waals surface area contributed by atoms with Crippen LogP contribution in [0.4, 0.5) is 0 Å². The van der Waals surface area contributed by atoms with Gasteiger partial charge in [-0.2, -0.15) is 0 Å². The molecule has 0 spiro atoms. The molecule has 2 heteroatoms. The van der Waals surface area contributed by atoms with E-state index < -0.39 is 0 Å². The van der Waals surface area contributed by atoms with Crippen molar-refractivity contribution in [2.45, 2.75) is 51.4 Å². The average molecular weight is 302 g/mol. The normalized spacial score (nSPS) is 22.1. The Morgan fingerprint density at radius 1 is 1.09 bits per heavy atom. The largest absolute Gasteiger partial charge is 0.494 e. The van der Waals surface area contributed by atoms with Gasteiger partial charge in [-0.15, -0.1) is 0 Å². The standard InChI is InChI=1S/C20H30O2/c1-3-4-16-22-20-13-11-19(12-14-20)18-9-7-17(8-10-18)6-5-15-21-2/h5-6,11-14,17-18H,3-4,7-10,15-16H2,1-2H3/b6-5+. The summed E-state index contributed by atoms with van der Waals surface area (Å²) < 4.78 is 10.8. The van der Waals surface area contributed by atoms with Crippen LogP contribution in [0.3, 0.4) is 0 Å². The average Bonchev–Trinajstić information content (AvgIpc) is 2.57. The second kappa shape index (κ2) is 9.68. The number of unbranched alkanes of at least 4 members (excludes halogenated alkanes) is 1. The second-order valence-electron chi connectivity index (χ2n) is 6.27. The van der Waals surface area contributed by atoms with Gasteiger partial charge in [-0.1, -0.05) is 37.6 Å². The highest BCUT2D eigenvalue weighted by atomic mass is 16.5. The second-order valence-corrected chi connectivity index (χ2v) is 6.27. The first-order valence-electron chi connectivity index (χ1n) is 8.71. The summed E-state index contributed by atoms with van der Waals surface area (Å²) >= 11 is 0. The molecule has 1 aromatic carbocycles. The zero-order valence-corrected chi connectivity index (χ0v) is 14.1. The third kappa shape index (κ3) is 5.49. The van der Waals surface area contributed by atoms with Crippen molar-refractivity contribution in [1.29, 1.82) is 0 Å². The van der Waals surface area contributed by atoms with Gasteiger partial charge in [-0.25, -0.2) is 0 Å². The molecular weight excluding hydrogens is 272 g/mol. The summed E-state index contributed by atoms with van der Waals surface area (Å²) in [5.41, 5.74) is 1.47. The van der Waals surface area contributed by atoms with E-state index in [-0.39, 0.29) is 0 Å². The fourth-order valence-corrected chi connectivity index (χ4v) is 3.16. The zero-order valence-electron chi connectivity index (χ0n) is 14.1. The number of hydrogen-bond donors (Lipinski definition) is 0. The van der Waals surface area contributed by atoms with Gasteiger partial charge in [0.1, 0.15) is 5.75 Å². The van der Waals surface area contributed by atoms with Crippen LogP contribution in [-0.4, -0.2) is 20.3 Å². The molecule has 0 heterocycles. The molecule has 2 nitrogen and oxygen atoms in total. The topological polar surface area (TPSA) is 18.5 Å². The maximum atomic E-state index is 5.74. The Labute approximate surface area is 135 Å². The molecule has 22 heavy (non-hydrogen) atoms. The van der Waals surface area contributed by atoms with Crippen molar-refractivity contribution in [3.05, 3.63) is 42.0 Å². The van der Waals surface area contributed by atoms with E-state index in [1.54, 1.807) is 7.11 Å². The summed E-state index contributed by atoms with van der Waals surface area (Å²) in [5, 5.41) is 0. The molecule has 0 radical (unpaired) electrons. The minimum atomic E-state index is 0.719. The summed E-state index contributed by atoms with van der Waals surface area (Å²) in [4.78, 5) is 0. The van der Waals surface area contributed by atoms with Gasteiger partial charge in [-0.3, -0.25) is 0 Å². The first-order chi connectivity index (χ1) is 10.8. The van der Waals surface area contributed by atoms with E-state index >= 15 is 0 Å². The van der Waals surface area contributed by atoms with Crippen molar-refractivity contribution in [3.8, 4) is 5.75 Å². The van der Waals surface area contributed by atoms with Gasteiger partial charge < -0.3 is 9.47 Å². The number of rotatable bonds is 8. The van der Waals surface area contributed by atoms with E-state index in [0.717, 1.165) is 37.2 Å². The molecule has 1 fully saturated rings. The van der Waals surface area contributed by atoms with Gasteiger partial charge in [0.05, 0.1) is 13.2 Å². The first kappa shape index (κ1) is 17.1. The SMILES string of the molecule is CCCCOc1ccc(C2CCC(/C=C/COC)CC2)cc1. The number of allylic oxidation sites excluding steroid dienone is 1. The maximum absolute atomic E-state index is 5.74. The summed E-state index contributed by atoms with van der Waals surface area (Å²) in [5.74, 6) is 2.47. The quantitative estimate of drug-likeness (QED) is 0.476. The highest BCUT2D eigenvalue weighted by molar-refractivity contribution is 5.29. The number of methoxy groups -OCH3 is 1. The van der Waals surface area contributed by atoms with Crippen LogP contribution < -0.4 is 4.74 Å². The molecule has 0 atom stereocenters. The molecule has 0 aliphatic heterocycles. The number of benzene rings is 1. The Morgan fingerprint density at radius 3 is 2.45 bits per heavy atom. The van der Waals surface area contributed by atoms with Crippen molar-refractivity contribution in [1.82, 2.24) is 0 Å². The summed E-state index contributed by atoms with van der Waals surface area (Å²) in [6, 6.07) is 8.78. The van der Waals surface area contributed by atoms with E-state index in [2.05, 4.69) is 43.3 Å². The van der Waals surface area contributed by atoms with Crippen LogP contribution in [0, 0.1) is 5.92 Å². The Bertz CT molecular complexity index is 428. The maximum Gasteiger partial charge on any atom is 0.119 e. The molecule has 0 unspecified atom stereocenters. The highest BCUT2D eigenvalue weighted by Gasteiger charge is 2.20. The van der Waals surface area contributed by atoms with Gasteiger partial charge in [0.2, 0.25) is 0 Å². The van der Waals surface area contributed by atoms with Crippen molar-refractivity contribution < 1.29 is 9.47 Å². The van der Waals surface area contributed by atoms with Crippen LogP contribution in [0.25, 0.3) is 0 Å². The Morgan fingerprint density at radius 2 is 1.82 bits per heavy atom. The van der Waals surface area contributed by atoms with E-state index in [1.807, 2.05) is 0 Å². The molecule has 0 N–H and O–H groups in total. The van der Waals surface area contributed by atoms with Crippen LogP contribution in [0.15, 0.2) is 36.4 Å². The van der Waals surface area contributed by atoms with E-state index in [1.165, 1.54) is 37.7 Å². The van der Waals surface area contributed by atoms with Crippen molar-refractivity contribution in [3.63, 3.8) is 0 Å². The minimum absolute atomic E-state index is 0.719. The fourth-order valence-electron chi connectivity index (χ4n) is 3.16. The highest BCUT2D eigenvalue weighted by Crippen LogP contribution is 2.36. The predicted octanol–water partition coefficient (Wildman–Crippen LogP) is 5.34. The molecule has 0 aromatic heterocycles. The van der Waals surface area contributed by atoms with Gasteiger partial charge in [-0.05, 0) is 61.6 Å². The summed E-state index contributed by atoms with van der Waals surface area (Å²) in [6.45, 7) is 3.75. The lowest BCUT2D eigenvalue weighted by Crippen LogP contribution is -2.11. The molecule has 2 rings (SSSR count). The summed E-state index contributed by atoms with van der Waals surface area (Å²) in [6.07, 6.45) is 12.0. The zero-order chi connectivity index (χ0) is 15.6. The molecule has 1 aromatic rings. The third-order valence-corrected chi connectivity index (χ3v) is 4.56. The van der Waals surface area contributed by atoms with Crippen molar-refractivity contribution >= 4 is 0 Å². The third-order valence-electron chi connectivity index (χ3n) is 4.56. The lowest BCUT2D eigenvalue weighted by atomic mass is 9.78. The van der Waals surface area contributed by atoms with Gasteiger partial charge in [0, 0.05) is 7.11 Å². The lowest BCUT2D eigenvalue weighted by Gasteiger charge is -2.27. The molecule has 0 saturated heterocycles. The van der Waals surface area contributed by atoms with Crippen molar-refractivity contribution in [2.75, 3.05) is 20.3 Å². The van der Waals surface area contributed by atoms with Gasteiger partial charge in [0.25, 0.3) is 0 Å².